The smallest absolute Gasteiger partial charge is 0.123 e. The molecule has 0 amide bonds. The molecule has 0 aromatic heterocycles. The van der Waals surface area contributed by atoms with Gasteiger partial charge in [0.05, 0.1) is 0 Å². The Hall–Kier alpha value is -0.930. The third kappa shape index (κ3) is 4.39. The summed E-state index contributed by atoms with van der Waals surface area (Å²) in [6.07, 6.45) is 5.22. The van der Waals surface area contributed by atoms with Crippen LogP contribution in [0.3, 0.4) is 0 Å². The Morgan fingerprint density at radius 2 is 2.22 bits per heavy atom. The molecule has 2 rings (SSSR count). The monoisotopic (exact) mass is 250 g/mol. The van der Waals surface area contributed by atoms with E-state index in [1.807, 2.05) is 6.07 Å². The average molecular weight is 250 g/mol. The van der Waals surface area contributed by atoms with Crippen LogP contribution in [-0.2, 0) is 6.54 Å². The van der Waals surface area contributed by atoms with Gasteiger partial charge in [-0.3, -0.25) is 0 Å². The third-order valence-electron chi connectivity index (χ3n) is 3.54. The molecule has 1 atom stereocenters. The molecule has 0 spiro atoms. The summed E-state index contributed by atoms with van der Waals surface area (Å²) in [6.45, 7) is 2.99. The molecule has 1 fully saturated rings. The van der Waals surface area contributed by atoms with E-state index in [2.05, 4.69) is 17.3 Å². The third-order valence-corrected chi connectivity index (χ3v) is 3.54. The number of likely N-dealkylation sites (N-methyl/N-ethyl adjacent to an activating group) is 1. The molecule has 18 heavy (non-hydrogen) atoms. The topological polar surface area (TPSA) is 15.3 Å². The van der Waals surface area contributed by atoms with Crippen molar-refractivity contribution in [1.82, 2.24) is 10.2 Å². The van der Waals surface area contributed by atoms with Gasteiger partial charge in [-0.2, -0.15) is 0 Å². The Bertz CT molecular complexity index is 359. The fourth-order valence-electron chi connectivity index (χ4n) is 2.64. The summed E-state index contributed by atoms with van der Waals surface area (Å²) in [5, 5.41) is 3.59. The Morgan fingerprint density at radius 3 is 3.06 bits per heavy atom. The van der Waals surface area contributed by atoms with Crippen LogP contribution < -0.4 is 5.32 Å². The van der Waals surface area contributed by atoms with Gasteiger partial charge < -0.3 is 10.2 Å². The van der Waals surface area contributed by atoms with E-state index in [4.69, 9.17) is 0 Å². The second-order valence-corrected chi connectivity index (χ2v) is 5.33. The molecule has 1 saturated heterocycles. The number of benzene rings is 1. The van der Waals surface area contributed by atoms with Gasteiger partial charge in [0.15, 0.2) is 0 Å². The predicted octanol–water partition coefficient (Wildman–Crippen LogP) is 2.79. The quantitative estimate of drug-likeness (QED) is 0.884. The van der Waals surface area contributed by atoms with E-state index in [0.717, 1.165) is 25.2 Å². The van der Waals surface area contributed by atoms with Crippen LogP contribution in [-0.4, -0.2) is 31.1 Å². The van der Waals surface area contributed by atoms with Crippen molar-refractivity contribution in [2.24, 2.45) is 0 Å². The van der Waals surface area contributed by atoms with E-state index in [1.54, 1.807) is 12.1 Å². The molecule has 0 aliphatic carbocycles. The SMILES string of the molecule is CN(Cc1cccc(F)c1)CC1CCCCCN1. The molecule has 3 heteroatoms. The lowest BCUT2D eigenvalue weighted by Gasteiger charge is -2.23. The second-order valence-electron chi connectivity index (χ2n) is 5.33. The first-order valence-corrected chi connectivity index (χ1v) is 6.90. The molecule has 0 saturated carbocycles. The van der Waals surface area contributed by atoms with Crippen LogP contribution in [0.25, 0.3) is 0 Å². The first-order chi connectivity index (χ1) is 8.74. The molecular weight excluding hydrogens is 227 g/mol. The predicted molar refractivity (Wildman–Crippen MR) is 73.0 cm³/mol. The Morgan fingerprint density at radius 1 is 1.33 bits per heavy atom. The first-order valence-electron chi connectivity index (χ1n) is 6.90. The Kier molecular flexibility index (Phi) is 5.14. The van der Waals surface area contributed by atoms with Gasteiger partial charge in [0.25, 0.3) is 0 Å². The number of rotatable bonds is 4. The largest absolute Gasteiger partial charge is 0.313 e. The first kappa shape index (κ1) is 13.5. The van der Waals surface area contributed by atoms with Crippen molar-refractivity contribution < 1.29 is 4.39 Å². The van der Waals surface area contributed by atoms with Crippen LogP contribution in [0.15, 0.2) is 24.3 Å². The van der Waals surface area contributed by atoms with Gasteiger partial charge in [-0.25, -0.2) is 4.39 Å². The van der Waals surface area contributed by atoms with Crippen LogP contribution in [0, 0.1) is 5.82 Å². The summed E-state index contributed by atoms with van der Waals surface area (Å²) in [5.74, 6) is -0.145. The van der Waals surface area contributed by atoms with Crippen molar-refractivity contribution in [3.63, 3.8) is 0 Å². The fourth-order valence-corrected chi connectivity index (χ4v) is 2.64. The van der Waals surface area contributed by atoms with Gasteiger partial charge in [-0.15, -0.1) is 0 Å². The van der Waals surface area contributed by atoms with Gasteiger partial charge in [-0.1, -0.05) is 25.0 Å². The molecule has 1 heterocycles. The highest BCUT2D eigenvalue weighted by molar-refractivity contribution is 5.16. The van der Waals surface area contributed by atoms with E-state index < -0.39 is 0 Å². The van der Waals surface area contributed by atoms with Crippen LogP contribution in [0.1, 0.15) is 31.2 Å². The zero-order valence-electron chi connectivity index (χ0n) is 11.2. The summed E-state index contributed by atoms with van der Waals surface area (Å²) in [4.78, 5) is 2.28. The number of halogens is 1. The maximum Gasteiger partial charge on any atom is 0.123 e. The minimum atomic E-state index is -0.145. The lowest BCUT2D eigenvalue weighted by Crippen LogP contribution is -2.38. The van der Waals surface area contributed by atoms with Crippen molar-refractivity contribution in [3.8, 4) is 0 Å². The van der Waals surface area contributed by atoms with Crippen molar-refractivity contribution in [3.05, 3.63) is 35.6 Å². The van der Waals surface area contributed by atoms with Crippen LogP contribution >= 0.6 is 0 Å². The van der Waals surface area contributed by atoms with Crippen molar-refractivity contribution in [2.75, 3.05) is 20.1 Å². The molecule has 1 aliphatic rings. The van der Waals surface area contributed by atoms with Crippen molar-refractivity contribution in [2.45, 2.75) is 38.3 Å². The normalized spacial score (nSPS) is 20.9. The van der Waals surface area contributed by atoms with E-state index in [0.29, 0.717) is 6.04 Å². The van der Waals surface area contributed by atoms with Gasteiger partial charge >= 0.3 is 0 Å². The van der Waals surface area contributed by atoms with Gasteiger partial charge in [0.1, 0.15) is 5.82 Å². The highest BCUT2D eigenvalue weighted by atomic mass is 19.1. The summed E-state index contributed by atoms with van der Waals surface area (Å²) < 4.78 is 13.1. The molecule has 0 radical (unpaired) electrons. The van der Waals surface area contributed by atoms with E-state index in [1.165, 1.54) is 31.7 Å². The standard InChI is InChI=1S/C15H23FN2/c1-18(11-13-6-5-7-14(16)10-13)12-15-8-3-2-4-9-17-15/h5-7,10,15,17H,2-4,8-9,11-12H2,1H3. The molecule has 1 aromatic carbocycles. The number of nitrogens with zero attached hydrogens (tertiary/aromatic N) is 1. The molecule has 1 aromatic rings. The van der Waals surface area contributed by atoms with Crippen LogP contribution in [0.2, 0.25) is 0 Å². The maximum atomic E-state index is 13.1. The lowest BCUT2D eigenvalue weighted by molar-refractivity contribution is 0.278. The van der Waals surface area contributed by atoms with Crippen LogP contribution in [0.4, 0.5) is 4.39 Å². The van der Waals surface area contributed by atoms with Gasteiger partial charge in [0.2, 0.25) is 0 Å². The van der Waals surface area contributed by atoms with E-state index in [-0.39, 0.29) is 5.82 Å². The Labute approximate surface area is 109 Å². The van der Waals surface area contributed by atoms with Crippen LogP contribution in [0.5, 0.6) is 0 Å². The zero-order valence-corrected chi connectivity index (χ0v) is 11.2. The fraction of sp³-hybridized carbons (Fsp3) is 0.600. The zero-order chi connectivity index (χ0) is 12.8. The van der Waals surface area contributed by atoms with Crippen molar-refractivity contribution >= 4 is 0 Å². The summed E-state index contributed by atoms with van der Waals surface area (Å²) >= 11 is 0. The molecule has 1 unspecified atom stereocenters. The summed E-state index contributed by atoms with van der Waals surface area (Å²) in [5.41, 5.74) is 1.05. The number of nitrogens with one attached hydrogen (secondary N) is 1. The van der Waals surface area contributed by atoms with Gasteiger partial charge in [0, 0.05) is 19.1 Å². The lowest BCUT2D eigenvalue weighted by atomic mass is 10.1. The minimum absolute atomic E-state index is 0.145. The summed E-state index contributed by atoms with van der Waals surface area (Å²) in [7, 11) is 2.11. The molecule has 2 nitrogen and oxygen atoms in total. The van der Waals surface area contributed by atoms with Crippen molar-refractivity contribution in [1.29, 1.82) is 0 Å². The molecular formula is C15H23FN2. The number of hydrogen-bond acceptors (Lipinski definition) is 2. The second kappa shape index (κ2) is 6.86. The van der Waals surface area contributed by atoms with E-state index >= 15 is 0 Å². The molecule has 1 N–H and O–H groups in total. The minimum Gasteiger partial charge on any atom is -0.313 e. The van der Waals surface area contributed by atoms with E-state index in [9.17, 15) is 4.39 Å². The molecule has 0 bridgehead atoms. The Balaban J connectivity index is 1.82. The summed E-state index contributed by atoms with van der Waals surface area (Å²) in [6, 6.07) is 7.47. The number of hydrogen-bond donors (Lipinski definition) is 1. The molecule has 100 valence electrons. The molecule has 1 aliphatic heterocycles. The van der Waals surface area contributed by atoms with Gasteiger partial charge in [-0.05, 0) is 44.1 Å². The average Bonchev–Trinajstić information content (AvgIpc) is 2.57. The highest BCUT2D eigenvalue weighted by Crippen LogP contribution is 2.11. The highest BCUT2D eigenvalue weighted by Gasteiger charge is 2.13. The maximum absolute atomic E-state index is 13.1.